The van der Waals surface area contributed by atoms with E-state index in [4.69, 9.17) is 0 Å². The van der Waals surface area contributed by atoms with Gasteiger partial charge in [0, 0.05) is 12.6 Å². The number of amides is 1. The van der Waals surface area contributed by atoms with Gasteiger partial charge in [0.05, 0.1) is 6.04 Å². The van der Waals surface area contributed by atoms with Crippen LogP contribution < -0.4 is 5.32 Å². The van der Waals surface area contributed by atoms with Gasteiger partial charge in [-0.2, -0.15) is 0 Å². The molecule has 1 N–H and O–H groups in total. The van der Waals surface area contributed by atoms with Crippen LogP contribution in [0.1, 0.15) is 25.7 Å². The van der Waals surface area contributed by atoms with E-state index in [1.165, 1.54) is 12.8 Å². The SMILES string of the molecule is C=CCN(C(=O)[C@@H]1CCCN1)C1CC1. The Balaban J connectivity index is 1.94. The van der Waals surface area contributed by atoms with Crippen molar-refractivity contribution in [2.45, 2.75) is 37.8 Å². The normalized spacial score (nSPS) is 26.1. The summed E-state index contributed by atoms with van der Waals surface area (Å²) in [6, 6.07) is 0.582. The summed E-state index contributed by atoms with van der Waals surface area (Å²) in [4.78, 5) is 14.0. The van der Waals surface area contributed by atoms with Crippen LogP contribution >= 0.6 is 0 Å². The first-order chi connectivity index (χ1) is 6.83. The standard InChI is InChI=1S/C11H18N2O/c1-2-8-13(9-5-6-9)11(14)10-4-3-7-12-10/h2,9-10,12H,1,3-8H2/t10-/m0/s1. The third kappa shape index (κ3) is 1.98. The monoisotopic (exact) mass is 194 g/mol. The molecule has 0 spiro atoms. The predicted molar refractivity (Wildman–Crippen MR) is 56.0 cm³/mol. The van der Waals surface area contributed by atoms with E-state index >= 15 is 0 Å². The number of hydrogen-bond acceptors (Lipinski definition) is 2. The summed E-state index contributed by atoms with van der Waals surface area (Å²) < 4.78 is 0. The van der Waals surface area contributed by atoms with Gasteiger partial charge in [0.15, 0.2) is 0 Å². The van der Waals surface area contributed by atoms with Gasteiger partial charge in [-0.3, -0.25) is 4.79 Å². The number of carbonyl (C=O) groups excluding carboxylic acids is 1. The fourth-order valence-electron chi connectivity index (χ4n) is 2.04. The summed E-state index contributed by atoms with van der Waals surface area (Å²) in [5.74, 6) is 0.282. The summed E-state index contributed by atoms with van der Waals surface area (Å²) in [7, 11) is 0. The van der Waals surface area contributed by atoms with E-state index < -0.39 is 0 Å². The van der Waals surface area contributed by atoms with Crippen LogP contribution in [0, 0.1) is 0 Å². The van der Waals surface area contributed by atoms with Crippen LogP contribution in [0.5, 0.6) is 0 Å². The molecule has 1 saturated carbocycles. The highest BCUT2D eigenvalue weighted by atomic mass is 16.2. The molecule has 1 atom stereocenters. The molecule has 2 aliphatic rings. The maximum absolute atomic E-state index is 12.0. The molecule has 2 fully saturated rings. The number of rotatable bonds is 4. The van der Waals surface area contributed by atoms with Gasteiger partial charge in [-0.1, -0.05) is 6.08 Å². The van der Waals surface area contributed by atoms with E-state index in [0.29, 0.717) is 12.6 Å². The van der Waals surface area contributed by atoms with Crippen molar-refractivity contribution in [2.24, 2.45) is 0 Å². The third-order valence-corrected chi connectivity index (χ3v) is 2.95. The van der Waals surface area contributed by atoms with Crippen LogP contribution in [-0.4, -0.2) is 36.0 Å². The van der Waals surface area contributed by atoms with Crippen LogP contribution in [0.3, 0.4) is 0 Å². The van der Waals surface area contributed by atoms with Crippen LogP contribution in [-0.2, 0) is 4.79 Å². The molecular formula is C11H18N2O. The molecule has 0 bridgehead atoms. The molecule has 0 unspecified atom stereocenters. The zero-order valence-electron chi connectivity index (χ0n) is 8.54. The van der Waals surface area contributed by atoms with Gasteiger partial charge >= 0.3 is 0 Å². The number of hydrogen-bond donors (Lipinski definition) is 1. The molecule has 1 amide bonds. The second kappa shape index (κ2) is 4.13. The van der Waals surface area contributed by atoms with E-state index in [1.54, 1.807) is 0 Å². The van der Waals surface area contributed by atoms with Gasteiger partial charge in [-0.25, -0.2) is 0 Å². The van der Waals surface area contributed by atoms with Crippen molar-refractivity contribution in [3.63, 3.8) is 0 Å². The van der Waals surface area contributed by atoms with E-state index in [9.17, 15) is 4.79 Å². The summed E-state index contributed by atoms with van der Waals surface area (Å²) in [5, 5.41) is 3.25. The Morgan fingerprint density at radius 1 is 1.50 bits per heavy atom. The van der Waals surface area contributed by atoms with Crippen LogP contribution in [0.4, 0.5) is 0 Å². The van der Waals surface area contributed by atoms with Gasteiger partial charge in [0.25, 0.3) is 0 Å². The summed E-state index contributed by atoms with van der Waals surface area (Å²) >= 11 is 0. The average molecular weight is 194 g/mol. The zero-order valence-corrected chi connectivity index (χ0v) is 8.54. The molecule has 0 radical (unpaired) electrons. The van der Waals surface area contributed by atoms with Crippen molar-refractivity contribution < 1.29 is 4.79 Å². The topological polar surface area (TPSA) is 32.3 Å². The third-order valence-electron chi connectivity index (χ3n) is 2.95. The van der Waals surface area contributed by atoms with Crippen LogP contribution in [0.15, 0.2) is 12.7 Å². The molecule has 0 aromatic rings. The molecule has 0 aromatic carbocycles. The van der Waals surface area contributed by atoms with Gasteiger partial charge < -0.3 is 10.2 Å². The number of nitrogens with zero attached hydrogens (tertiary/aromatic N) is 1. The predicted octanol–water partition coefficient (Wildman–Crippen LogP) is 0.915. The van der Waals surface area contributed by atoms with Gasteiger partial charge in [0.2, 0.25) is 5.91 Å². The molecule has 1 aliphatic carbocycles. The van der Waals surface area contributed by atoms with Crippen molar-refractivity contribution in [2.75, 3.05) is 13.1 Å². The fraction of sp³-hybridized carbons (Fsp3) is 0.727. The Labute approximate surface area is 85.2 Å². The highest BCUT2D eigenvalue weighted by Crippen LogP contribution is 2.28. The molecule has 78 valence electrons. The first-order valence-corrected chi connectivity index (χ1v) is 5.47. The Kier molecular flexibility index (Phi) is 2.87. The van der Waals surface area contributed by atoms with Crippen LogP contribution in [0.2, 0.25) is 0 Å². The lowest BCUT2D eigenvalue weighted by molar-refractivity contribution is -0.133. The van der Waals surface area contributed by atoms with Crippen molar-refractivity contribution in [3.05, 3.63) is 12.7 Å². The maximum atomic E-state index is 12.0. The first kappa shape index (κ1) is 9.71. The molecule has 1 saturated heterocycles. The van der Waals surface area contributed by atoms with Gasteiger partial charge in [-0.15, -0.1) is 6.58 Å². The summed E-state index contributed by atoms with van der Waals surface area (Å²) in [5.41, 5.74) is 0. The Morgan fingerprint density at radius 2 is 2.29 bits per heavy atom. The molecule has 2 rings (SSSR count). The molecular weight excluding hydrogens is 176 g/mol. The second-order valence-corrected chi connectivity index (χ2v) is 4.16. The molecule has 0 aromatic heterocycles. The summed E-state index contributed by atoms with van der Waals surface area (Å²) in [6.45, 7) is 5.40. The van der Waals surface area contributed by atoms with E-state index in [0.717, 1.165) is 19.4 Å². The minimum absolute atomic E-state index is 0.0792. The van der Waals surface area contributed by atoms with E-state index in [1.807, 2.05) is 11.0 Å². The highest BCUT2D eigenvalue weighted by Gasteiger charge is 2.35. The average Bonchev–Trinajstić information content (AvgIpc) is 2.88. The zero-order chi connectivity index (χ0) is 9.97. The first-order valence-electron chi connectivity index (χ1n) is 5.47. The van der Waals surface area contributed by atoms with Crippen molar-refractivity contribution in [1.29, 1.82) is 0 Å². The maximum Gasteiger partial charge on any atom is 0.240 e. The highest BCUT2D eigenvalue weighted by molar-refractivity contribution is 5.82. The Bertz CT molecular complexity index is 229. The molecule has 3 nitrogen and oxygen atoms in total. The summed E-state index contributed by atoms with van der Waals surface area (Å²) in [6.07, 6.45) is 6.30. The minimum Gasteiger partial charge on any atom is -0.335 e. The van der Waals surface area contributed by atoms with Crippen molar-refractivity contribution >= 4 is 5.91 Å². The fourth-order valence-corrected chi connectivity index (χ4v) is 2.04. The van der Waals surface area contributed by atoms with Crippen molar-refractivity contribution in [1.82, 2.24) is 10.2 Å². The molecule has 3 heteroatoms. The molecule has 1 aliphatic heterocycles. The number of nitrogens with one attached hydrogen (secondary N) is 1. The second-order valence-electron chi connectivity index (χ2n) is 4.16. The van der Waals surface area contributed by atoms with Crippen molar-refractivity contribution in [3.8, 4) is 0 Å². The Morgan fingerprint density at radius 3 is 2.79 bits per heavy atom. The lowest BCUT2D eigenvalue weighted by Crippen LogP contribution is -2.44. The molecule has 14 heavy (non-hydrogen) atoms. The lowest BCUT2D eigenvalue weighted by atomic mass is 10.2. The Hall–Kier alpha value is -0.830. The number of carbonyl (C=O) groups is 1. The lowest BCUT2D eigenvalue weighted by Gasteiger charge is -2.24. The van der Waals surface area contributed by atoms with Gasteiger partial charge in [-0.05, 0) is 32.2 Å². The quantitative estimate of drug-likeness (QED) is 0.675. The minimum atomic E-state index is 0.0792. The largest absolute Gasteiger partial charge is 0.335 e. The van der Waals surface area contributed by atoms with Gasteiger partial charge in [0.1, 0.15) is 0 Å². The smallest absolute Gasteiger partial charge is 0.240 e. The van der Waals surface area contributed by atoms with E-state index in [2.05, 4.69) is 11.9 Å². The van der Waals surface area contributed by atoms with Crippen LogP contribution in [0.25, 0.3) is 0 Å². The molecule has 1 heterocycles. The van der Waals surface area contributed by atoms with E-state index in [-0.39, 0.29) is 11.9 Å².